The molecule has 1 aromatic carbocycles. The van der Waals surface area contributed by atoms with Crippen molar-refractivity contribution in [2.45, 2.75) is 26.9 Å². The smallest absolute Gasteiger partial charge is 0.114 e. The van der Waals surface area contributed by atoms with Crippen LogP contribution in [0, 0.1) is 20.8 Å². The molecule has 0 bridgehead atoms. The lowest BCUT2D eigenvalue weighted by molar-refractivity contribution is 0.223. The fraction of sp³-hybridized carbons (Fsp3) is 0.286. The number of halogens is 1. The third-order valence-corrected chi connectivity index (χ3v) is 4.55. The van der Waals surface area contributed by atoms with Gasteiger partial charge in [-0.2, -0.15) is 0 Å². The molecule has 0 aliphatic carbocycles. The van der Waals surface area contributed by atoms with Crippen LogP contribution in [0.15, 0.2) is 24.3 Å². The summed E-state index contributed by atoms with van der Waals surface area (Å²) in [6.07, 6.45) is -0.576. The number of benzene rings is 1. The predicted octanol–water partition coefficient (Wildman–Crippen LogP) is 4.41. The first-order chi connectivity index (χ1) is 8.00. The third kappa shape index (κ3) is 2.39. The summed E-state index contributed by atoms with van der Waals surface area (Å²) in [6.45, 7) is 6.03. The van der Waals surface area contributed by atoms with E-state index in [1.165, 1.54) is 4.88 Å². The average Bonchev–Trinajstić information content (AvgIpc) is 2.61. The molecule has 3 heteroatoms. The van der Waals surface area contributed by atoms with Crippen LogP contribution in [0.4, 0.5) is 0 Å². The highest BCUT2D eigenvalue weighted by molar-refractivity contribution is 7.12. The van der Waals surface area contributed by atoms with E-state index in [0.29, 0.717) is 5.02 Å². The van der Waals surface area contributed by atoms with Crippen molar-refractivity contribution in [1.82, 2.24) is 0 Å². The van der Waals surface area contributed by atoms with Crippen molar-refractivity contribution in [3.63, 3.8) is 0 Å². The Morgan fingerprint density at radius 3 is 2.53 bits per heavy atom. The lowest BCUT2D eigenvalue weighted by Gasteiger charge is -2.14. The summed E-state index contributed by atoms with van der Waals surface area (Å²) >= 11 is 7.72. The predicted molar refractivity (Wildman–Crippen MR) is 74.0 cm³/mol. The molecule has 0 spiro atoms. The van der Waals surface area contributed by atoms with Gasteiger partial charge in [0.25, 0.3) is 0 Å². The molecule has 0 amide bonds. The summed E-state index contributed by atoms with van der Waals surface area (Å²) in [7, 11) is 0. The van der Waals surface area contributed by atoms with Gasteiger partial charge in [0.15, 0.2) is 0 Å². The van der Waals surface area contributed by atoms with Gasteiger partial charge in [-0.05, 0) is 49.6 Å². The van der Waals surface area contributed by atoms with Crippen LogP contribution in [0.3, 0.4) is 0 Å². The first-order valence-electron chi connectivity index (χ1n) is 5.50. The average molecular weight is 267 g/mol. The van der Waals surface area contributed by atoms with Crippen LogP contribution in [0.5, 0.6) is 0 Å². The molecular weight excluding hydrogens is 252 g/mol. The zero-order valence-corrected chi connectivity index (χ0v) is 11.7. The molecule has 0 aliphatic heterocycles. The Bertz CT molecular complexity index is 545. The van der Waals surface area contributed by atoms with Crippen LogP contribution in [-0.4, -0.2) is 5.11 Å². The van der Waals surface area contributed by atoms with E-state index in [-0.39, 0.29) is 0 Å². The van der Waals surface area contributed by atoms with Gasteiger partial charge in [0, 0.05) is 14.8 Å². The molecular formula is C14H15ClOS. The molecule has 1 aromatic heterocycles. The number of thiophene rings is 1. The van der Waals surface area contributed by atoms with Gasteiger partial charge in [0.2, 0.25) is 0 Å². The Hall–Kier alpha value is -0.830. The molecule has 1 N–H and O–H groups in total. The molecule has 1 atom stereocenters. The summed E-state index contributed by atoms with van der Waals surface area (Å²) in [5.41, 5.74) is 2.98. The van der Waals surface area contributed by atoms with E-state index in [4.69, 9.17) is 11.6 Å². The molecule has 0 saturated heterocycles. The minimum absolute atomic E-state index is 0.576. The fourth-order valence-electron chi connectivity index (χ4n) is 1.99. The Balaban J connectivity index is 2.47. The van der Waals surface area contributed by atoms with Crippen molar-refractivity contribution >= 4 is 22.9 Å². The van der Waals surface area contributed by atoms with Gasteiger partial charge in [-0.15, -0.1) is 11.3 Å². The largest absolute Gasteiger partial charge is 0.383 e. The minimum atomic E-state index is -0.576. The van der Waals surface area contributed by atoms with Gasteiger partial charge in [-0.25, -0.2) is 0 Å². The second-order valence-corrected chi connectivity index (χ2v) is 5.96. The van der Waals surface area contributed by atoms with E-state index in [2.05, 4.69) is 13.0 Å². The van der Waals surface area contributed by atoms with Crippen LogP contribution in [0.1, 0.15) is 32.5 Å². The molecule has 0 fully saturated rings. The number of aliphatic hydroxyl groups excluding tert-OH is 1. The van der Waals surface area contributed by atoms with E-state index in [1.807, 2.05) is 32.0 Å². The Labute approximate surface area is 111 Å². The van der Waals surface area contributed by atoms with Crippen LogP contribution in [-0.2, 0) is 0 Å². The number of rotatable bonds is 2. The fourth-order valence-corrected chi connectivity index (χ4v) is 3.22. The number of aryl methyl sites for hydroxylation is 2. The molecule has 90 valence electrons. The van der Waals surface area contributed by atoms with Gasteiger partial charge in [-0.3, -0.25) is 0 Å². The zero-order valence-electron chi connectivity index (χ0n) is 10.1. The lowest BCUT2D eigenvalue weighted by atomic mass is 10.0. The molecule has 1 heterocycles. The molecule has 2 aromatic rings. The summed E-state index contributed by atoms with van der Waals surface area (Å²) in [5, 5.41) is 11.1. The molecule has 0 saturated carbocycles. The standard InChI is InChI=1S/C14H15ClOS/c1-8-7-9(2)17-14(8)13(16)11-5-4-6-12(15)10(11)3/h4-7,13,16H,1-3H3. The first kappa shape index (κ1) is 12.6. The molecule has 0 aliphatic rings. The Kier molecular flexibility index (Phi) is 3.57. The highest BCUT2D eigenvalue weighted by atomic mass is 35.5. The van der Waals surface area contributed by atoms with E-state index in [0.717, 1.165) is 21.6 Å². The third-order valence-electron chi connectivity index (χ3n) is 2.93. The second-order valence-electron chi connectivity index (χ2n) is 4.26. The maximum Gasteiger partial charge on any atom is 0.114 e. The van der Waals surface area contributed by atoms with Crippen LogP contribution >= 0.6 is 22.9 Å². The lowest BCUT2D eigenvalue weighted by Crippen LogP contribution is -2.01. The quantitative estimate of drug-likeness (QED) is 0.854. The molecule has 0 radical (unpaired) electrons. The Morgan fingerprint density at radius 2 is 1.94 bits per heavy atom. The monoisotopic (exact) mass is 266 g/mol. The minimum Gasteiger partial charge on any atom is -0.383 e. The number of aliphatic hydroxyl groups is 1. The van der Waals surface area contributed by atoms with Gasteiger partial charge in [0.05, 0.1) is 0 Å². The van der Waals surface area contributed by atoms with E-state index >= 15 is 0 Å². The first-order valence-corrected chi connectivity index (χ1v) is 6.70. The maximum atomic E-state index is 10.4. The van der Waals surface area contributed by atoms with Crippen LogP contribution < -0.4 is 0 Å². The van der Waals surface area contributed by atoms with Crippen molar-refractivity contribution in [3.8, 4) is 0 Å². The molecule has 2 rings (SSSR count). The van der Waals surface area contributed by atoms with Crippen molar-refractivity contribution in [3.05, 3.63) is 55.7 Å². The van der Waals surface area contributed by atoms with Crippen LogP contribution in [0.2, 0.25) is 5.02 Å². The number of hydrogen-bond acceptors (Lipinski definition) is 2. The van der Waals surface area contributed by atoms with Gasteiger partial charge >= 0.3 is 0 Å². The number of hydrogen-bond donors (Lipinski definition) is 1. The molecule has 1 nitrogen and oxygen atoms in total. The van der Waals surface area contributed by atoms with Gasteiger partial charge in [-0.1, -0.05) is 23.7 Å². The van der Waals surface area contributed by atoms with Crippen molar-refractivity contribution in [2.75, 3.05) is 0 Å². The SMILES string of the molecule is Cc1cc(C)c(C(O)c2cccc(Cl)c2C)s1. The topological polar surface area (TPSA) is 20.2 Å². The van der Waals surface area contributed by atoms with Crippen molar-refractivity contribution < 1.29 is 5.11 Å². The highest BCUT2D eigenvalue weighted by Gasteiger charge is 2.18. The van der Waals surface area contributed by atoms with Gasteiger partial charge < -0.3 is 5.11 Å². The van der Waals surface area contributed by atoms with Crippen molar-refractivity contribution in [1.29, 1.82) is 0 Å². The van der Waals surface area contributed by atoms with E-state index in [9.17, 15) is 5.11 Å². The highest BCUT2D eigenvalue weighted by Crippen LogP contribution is 2.34. The summed E-state index contributed by atoms with van der Waals surface area (Å²) in [6, 6.07) is 7.76. The molecule has 17 heavy (non-hydrogen) atoms. The van der Waals surface area contributed by atoms with E-state index < -0.39 is 6.10 Å². The van der Waals surface area contributed by atoms with Crippen LogP contribution in [0.25, 0.3) is 0 Å². The Morgan fingerprint density at radius 1 is 1.24 bits per heavy atom. The van der Waals surface area contributed by atoms with E-state index in [1.54, 1.807) is 11.3 Å². The second kappa shape index (κ2) is 4.81. The maximum absolute atomic E-state index is 10.4. The normalized spacial score (nSPS) is 12.8. The van der Waals surface area contributed by atoms with Gasteiger partial charge in [0.1, 0.15) is 6.10 Å². The zero-order chi connectivity index (χ0) is 12.6. The summed E-state index contributed by atoms with van der Waals surface area (Å²) in [4.78, 5) is 2.23. The van der Waals surface area contributed by atoms with Crippen molar-refractivity contribution in [2.24, 2.45) is 0 Å². The summed E-state index contributed by atoms with van der Waals surface area (Å²) < 4.78 is 0. The molecule has 1 unspecified atom stereocenters. The summed E-state index contributed by atoms with van der Waals surface area (Å²) in [5.74, 6) is 0.